The highest BCUT2D eigenvalue weighted by Gasteiger charge is 2.11. The van der Waals surface area contributed by atoms with E-state index in [1.54, 1.807) is 0 Å². The highest BCUT2D eigenvalue weighted by atomic mass is 79.9. The second-order valence-electron chi connectivity index (χ2n) is 4.18. The third-order valence-corrected chi connectivity index (χ3v) is 3.73. The Bertz CT molecular complexity index is 401. The van der Waals surface area contributed by atoms with Crippen molar-refractivity contribution in [3.8, 4) is 6.07 Å². The zero-order valence-corrected chi connectivity index (χ0v) is 10.8. The summed E-state index contributed by atoms with van der Waals surface area (Å²) in [7, 11) is 0. The number of nitriles is 1. The van der Waals surface area contributed by atoms with E-state index in [1.165, 1.54) is 31.4 Å². The van der Waals surface area contributed by atoms with Gasteiger partial charge in [-0.05, 0) is 47.0 Å². The Morgan fingerprint density at radius 1 is 1.12 bits per heavy atom. The zero-order chi connectivity index (χ0) is 11.4. The summed E-state index contributed by atoms with van der Waals surface area (Å²) in [6.45, 7) is 2.24. The van der Waals surface area contributed by atoms with Gasteiger partial charge in [0, 0.05) is 23.2 Å². The molecule has 0 amide bonds. The molecule has 0 spiro atoms. The van der Waals surface area contributed by atoms with E-state index in [0.29, 0.717) is 0 Å². The van der Waals surface area contributed by atoms with Crippen LogP contribution >= 0.6 is 15.9 Å². The van der Waals surface area contributed by atoms with Gasteiger partial charge in [0.05, 0.1) is 5.56 Å². The molecular formula is C13H15BrN2. The van der Waals surface area contributed by atoms with Gasteiger partial charge in [-0.3, -0.25) is 0 Å². The molecule has 1 aliphatic heterocycles. The van der Waals surface area contributed by atoms with E-state index in [0.717, 1.165) is 23.1 Å². The molecule has 0 aliphatic carbocycles. The maximum absolute atomic E-state index is 9.00. The zero-order valence-electron chi connectivity index (χ0n) is 9.25. The smallest absolute Gasteiger partial charge is 0.100 e. The minimum absolute atomic E-state index is 0.724. The van der Waals surface area contributed by atoms with Crippen molar-refractivity contribution in [2.75, 3.05) is 18.0 Å². The summed E-state index contributed by atoms with van der Waals surface area (Å²) in [5.41, 5.74) is 1.91. The topological polar surface area (TPSA) is 27.0 Å². The lowest BCUT2D eigenvalue weighted by molar-refractivity contribution is 0.726. The second-order valence-corrected chi connectivity index (χ2v) is 5.03. The molecule has 0 bridgehead atoms. The van der Waals surface area contributed by atoms with Gasteiger partial charge in [0.2, 0.25) is 0 Å². The summed E-state index contributed by atoms with van der Waals surface area (Å²) < 4.78 is 0.883. The van der Waals surface area contributed by atoms with Gasteiger partial charge < -0.3 is 4.90 Å². The van der Waals surface area contributed by atoms with Crippen LogP contribution in [0.3, 0.4) is 0 Å². The number of benzene rings is 1. The number of halogens is 1. The largest absolute Gasteiger partial charge is 0.372 e. The quantitative estimate of drug-likeness (QED) is 0.783. The maximum Gasteiger partial charge on any atom is 0.100 e. The Hall–Kier alpha value is -1.01. The third-order valence-electron chi connectivity index (χ3n) is 3.04. The van der Waals surface area contributed by atoms with Crippen molar-refractivity contribution in [1.29, 1.82) is 5.26 Å². The highest BCUT2D eigenvalue weighted by Crippen LogP contribution is 2.25. The van der Waals surface area contributed by atoms with E-state index in [9.17, 15) is 0 Å². The first kappa shape index (κ1) is 11.5. The first-order chi connectivity index (χ1) is 7.81. The molecule has 1 aromatic carbocycles. The Kier molecular flexibility index (Phi) is 3.84. The summed E-state index contributed by atoms with van der Waals surface area (Å²) in [6, 6.07) is 8.26. The first-order valence-electron chi connectivity index (χ1n) is 5.76. The number of nitrogens with zero attached hydrogens (tertiary/aromatic N) is 2. The monoisotopic (exact) mass is 278 g/mol. The fourth-order valence-corrected chi connectivity index (χ4v) is 2.46. The molecule has 0 aromatic heterocycles. The molecule has 0 saturated carbocycles. The summed E-state index contributed by atoms with van der Waals surface area (Å²) >= 11 is 3.39. The van der Waals surface area contributed by atoms with Crippen LogP contribution in [0.5, 0.6) is 0 Å². The van der Waals surface area contributed by atoms with Crippen molar-refractivity contribution >= 4 is 21.6 Å². The summed E-state index contributed by atoms with van der Waals surface area (Å²) in [6.07, 6.45) is 5.19. The average molecular weight is 279 g/mol. The number of rotatable bonds is 1. The van der Waals surface area contributed by atoms with Crippen LogP contribution < -0.4 is 4.90 Å². The Balaban J connectivity index is 2.22. The van der Waals surface area contributed by atoms with Crippen molar-refractivity contribution in [3.05, 3.63) is 28.2 Å². The lowest BCUT2D eigenvalue weighted by atomic mass is 10.2. The molecule has 16 heavy (non-hydrogen) atoms. The molecule has 1 aliphatic rings. The van der Waals surface area contributed by atoms with Crippen LogP contribution in [0.1, 0.15) is 31.2 Å². The molecule has 0 atom stereocenters. The lowest BCUT2D eigenvalue weighted by Gasteiger charge is -2.22. The molecule has 1 heterocycles. The molecule has 1 fully saturated rings. The van der Waals surface area contributed by atoms with Crippen molar-refractivity contribution in [1.82, 2.24) is 0 Å². The van der Waals surface area contributed by atoms with Gasteiger partial charge in [0.1, 0.15) is 6.07 Å². The summed E-state index contributed by atoms with van der Waals surface area (Å²) in [4.78, 5) is 2.39. The molecule has 1 saturated heterocycles. The van der Waals surface area contributed by atoms with Gasteiger partial charge in [-0.25, -0.2) is 0 Å². The van der Waals surface area contributed by atoms with Gasteiger partial charge in [-0.15, -0.1) is 0 Å². The van der Waals surface area contributed by atoms with Crippen LogP contribution in [0, 0.1) is 11.3 Å². The summed E-state index contributed by atoms with van der Waals surface area (Å²) in [5, 5.41) is 9.00. The predicted molar refractivity (Wildman–Crippen MR) is 69.5 cm³/mol. The van der Waals surface area contributed by atoms with Crippen molar-refractivity contribution in [2.24, 2.45) is 0 Å². The van der Waals surface area contributed by atoms with E-state index in [4.69, 9.17) is 5.26 Å². The van der Waals surface area contributed by atoms with Gasteiger partial charge in [-0.1, -0.05) is 12.8 Å². The van der Waals surface area contributed by atoms with Crippen molar-refractivity contribution < 1.29 is 0 Å². The minimum atomic E-state index is 0.724. The van der Waals surface area contributed by atoms with Crippen LogP contribution in [0.2, 0.25) is 0 Å². The highest BCUT2D eigenvalue weighted by molar-refractivity contribution is 9.10. The van der Waals surface area contributed by atoms with E-state index in [1.807, 2.05) is 12.1 Å². The fourth-order valence-electron chi connectivity index (χ4n) is 2.12. The van der Waals surface area contributed by atoms with Gasteiger partial charge in [0.25, 0.3) is 0 Å². The number of hydrogen-bond acceptors (Lipinski definition) is 2. The Morgan fingerprint density at radius 3 is 2.44 bits per heavy atom. The van der Waals surface area contributed by atoms with E-state index >= 15 is 0 Å². The average Bonchev–Trinajstić information content (AvgIpc) is 2.58. The third kappa shape index (κ3) is 2.56. The van der Waals surface area contributed by atoms with Crippen LogP contribution in [0.15, 0.2) is 22.7 Å². The second kappa shape index (κ2) is 5.36. The van der Waals surface area contributed by atoms with E-state index in [-0.39, 0.29) is 0 Å². The Morgan fingerprint density at radius 2 is 1.81 bits per heavy atom. The van der Waals surface area contributed by atoms with E-state index in [2.05, 4.69) is 33.0 Å². The van der Waals surface area contributed by atoms with Crippen LogP contribution in [-0.4, -0.2) is 13.1 Å². The van der Waals surface area contributed by atoms with Gasteiger partial charge in [-0.2, -0.15) is 5.26 Å². The molecule has 1 aromatic rings. The molecular weight excluding hydrogens is 264 g/mol. The molecule has 0 radical (unpaired) electrons. The molecule has 2 nitrogen and oxygen atoms in total. The minimum Gasteiger partial charge on any atom is -0.372 e. The standard InChI is InChI=1S/C13H15BrN2/c14-13-6-5-12(9-11(13)10-15)16-7-3-1-2-4-8-16/h5-6,9H,1-4,7-8H2. The van der Waals surface area contributed by atoms with Gasteiger partial charge in [0.15, 0.2) is 0 Å². The SMILES string of the molecule is N#Cc1cc(N2CCCCCC2)ccc1Br. The number of hydrogen-bond donors (Lipinski definition) is 0. The first-order valence-corrected chi connectivity index (χ1v) is 6.55. The van der Waals surface area contributed by atoms with Crippen LogP contribution in [-0.2, 0) is 0 Å². The lowest BCUT2D eigenvalue weighted by Crippen LogP contribution is -2.23. The molecule has 84 valence electrons. The molecule has 2 rings (SSSR count). The van der Waals surface area contributed by atoms with Crippen LogP contribution in [0.25, 0.3) is 0 Å². The van der Waals surface area contributed by atoms with Crippen LogP contribution in [0.4, 0.5) is 5.69 Å². The Labute approximate surface area is 105 Å². The molecule has 0 unspecified atom stereocenters. The van der Waals surface area contributed by atoms with Crippen molar-refractivity contribution in [2.45, 2.75) is 25.7 Å². The van der Waals surface area contributed by atoms with Crippen molar-refractivity contribution in [3.63, 3.8) is 0 Å². The normalized spacial score (nSPS) is 16.6. The maximum atomic E-state index is 9.00. The molecule has 0 N–H and O–H groups in total. The number of anilines is 1. The predicted octanol–water partition coefficient (Wildman–Crippen LogP) is 3.70. The summed E-state index contributed by atoms with van der Waals surface area (Å²) in [5.74, 6) is 0. The van der Waals surface area contributed by atoms with E-state index < -0.39 is 0 Å². The molecule has 3 heteroatoms. The fraction of sp³-hybridized carbons (Fsp3) is 0.462. The van der Waals surface area contributed by atoms with Gasteiger partial charge >= 0.3 is 0 Å².